The van der Waals surface area contributed by atoms with Gasteiger partial charge in [-0.05, 0) is 60.2 Å². The van der Waals surface area contributed by atoms with Crippen LogP contribution in [-0.4, -0.2) is 24.5 Å². The molecule has 37 heavy (non-hydrogen) atoms. The summed E-state index contributed by atoms with van der Waals surface area (Å²) in [7, 11) is 1.59. The molecular formula is C31H31NO5. The van der Waals surface area contributed by atoms with E-state index in [9.17, 15) is 9.59 Å². The Morgan fingerprint density at radius 3 is 2.43 bits per heavy atom. The Morgan fingerprint density at radius 1 is 0.973 bits per heavy atom. The zero-order valence-electron chi connectivity index (χ0n) is 21.8. The highest BCUT2D eigenvalue weighted by molar-refractivity contribution is 5.99. The molecule has 0 N–H and O–H groups in total. The number of methoxy groups -OCH3 is 1. The summed E-state index contributed by atoms with van der Waals surface area (Å²) >= 11 is 0. The number of amides is 1. The van der Waals surface area contributed by atoms with Gasteiger partial charge in [-0.25, -0.2) is 0 Å². The van der Waals surface area contributed by atoms with E-state index in [1.54, 1.807) is 12.0 Å². The van der Waals surface area contributed by atoms with Crippen LogP contribution < -0.4 is 14.9 Å². The van der Waals surface area contributed by atoms with Gasteiger partial charge in [-0.3, -0.25) is 9.59 Å². The van der Waals surface area contributed by atoms with Crippen LogP contribution in [0.15, 0.2) is 69.9 Å². The third kappa shape index (κ3) is 4.48. The number of fused-ring (bicyclic) bond motifs is 2. The minimum atomic E-state index is -0.628. The van der Waals surface area contributed by atoms with Crippen LogP contribution in [0.3, 0.4) is 0 Å². The largest absolute Gasteiger partial charge is 0.493 e. The van der Waals surface area contributed by atoms with Crippen molar-refractivity contribution in [3.63, 3.8) is 0 Å². The number of nitrogens with zero attached hydrogens (tertiary/aromatic N) is 1. The van der Waals surface area contributed by atoms with Crippen LogP contribution in [0, 0.1) is 19.8 Å². The van der Waals surface area contributed by atoms with Gasteiger partial charge < -0.3 is 18.8 Å². The molecular weight excluding hydrogens is 466 g/mol. The lowest BCUT2D eigenvalue weighted by Crippen LogP contribution is -2.29. The third-order valence-electron chi connectivity index (χ3n) is 6.67. The Morgan fingerprint density at radius 2 is 1.73 bits per heavy atom. The fourth-order valence-corrected chi connectivity index (χ4v) is 4.99. The van der Waals surface area contributed by atoms with Crippen molar-refractivity contribution in [1.82, 2.24) is 4.90 Å². The molecule has 0 bridgehead atoms. The zero-order valence-corrected chi connectivity index (χ0v) is 21.8. The molecule has 0 aliphatic carbocycles. The summed E-state index contributed by atoms with van der Waals surface area (Å²) in [5.74, 6) is 1.33. The second kappa shape index (κ2) is 9.77. The average Bonchev–Trinajstić information content (AvgIpc) is 3.15. The van der Waals surface area contributed by atoms with Gasteiger partial charge in [-0.2, -0.15) is 0 Å². The predicted octanol–water partition coefficient (Wildman–Crippen LogP) is 6.20. The summed E-state index contributed by atoms with van der Waals surface area (Å²) in [6.07, 6.45) is 0. The molecule has 3 aromatic carbocycles. The Bertz CT molecular complexity index is 1540. The zero-order chi connectivity index (χ0) is 26.3. The molecule has 1 aromatic heterocycles. The Labute approximate surface area is 216 Å². The quantitative estimate of drug-likeness (QED) is 0.304. The topological polar surface area (TPSA) is 69.0 Å². The van der Waals surface area contributed by atoms with Gasteiger partial charge in [0.1, 0.15) is 5.58 Å². The molecule has 5 rings (SSSR count). The molecule has 2 heterocycles. The minimum Gasteiger partial charge on any atom is -0.493 e. The predicted molar refractivity (Wildman–Crippen MR) is 143 cm³/mol. The van der Waals surface area contributed by atoms with Gasteiger partial charge in [0, 0.05) is 6.54 Å². The molecule has 1 atom stereocenters. The minimum absolute atomic E-state index is 0.101. The van der Waals surface area contributed by atoms with Gasteiger partial charge in [0.2, 0.25) is 5.76 Å². The summed E-state index contributed by atoms with van der Waals surface area (Å²) in [5, 5.41) is 0.486. The van der Waals surface area contributed by atoms with Crippen molar-refractivity contribution in [3.05, 3.63) is 104 Å². The third-order valence-corrected chi connectivity index (χ3v) is 6.67. The molecule has 1 unspecified atom stereocenters. The lowest BCUT2D eigenvalue weighted by Gasteiger charge is -2.26. The molecule has 6 nitrogen and oxygen atoms in total. The molecule has 0 spiro atoms. The van der Waals surface area contributed by atoms with Gasteiger partial charge >= 0.3 is 0 Å². The summed E-state index contributed by atoms with van der Waals surface area (Å²) < 4.78 is 17.8. The number of hydrogen-bond acceptors (Lipinski definition) is 5. The maximum atomic E-state index is 14.0. The van der Waals surface area contributed by atoms with Crippen LogP contribution in [-0.2, 0) is 6.54 Å². The van der Waals surface area contributed by atoms with E-state index < -0.39 is 6.04 Å². The highest BCUT2D eigenvalue weighted by Crippen LogP contribution is 2.42. The molecule has 0 radical (unpaired) electrons. The monoisotopic (exact) mass is 497 g/mol. The first-order chi connectivity index (χ1) is 17.8. The number of carbonyl (C=O) groups is 1. The number of aryl methyl sites for hydroxylation is 2. The summed E-state index contributed by atoms with van der Waals surface area (Å²) in [5.41, 5.74) is 4.14. The molecule has 6 heteroatoms. The Hall–Kier alpha value is -4.06. The SMILES string of the molecule is COc1cc(C2c3c(oc4c(C)cc(C)cc4c3=O)C(=O)N2Cc2ccccc2)ccc1OCC(C)C. The van der Waals surface area contributed by atoms with Crippen molar-refractivity contribution in [2.75, 3.05) is 13.7 Å². The molecule has 0 saturated heterocycles. The van der Waals surface area contributed by atoms with E-state index in [0.29, 0.717) is 47.1 Å². The summed E-state index contributed by atoms with van der Waals surface area (Å²) in [6, 6.07) is 18.5. The van der Waals surface area contributed by atoms with E-state index in [2.05, 4.69) is 13.8 Å². The highest BCUT2D eigenvalue weighted by Gasteiger charge is 2.43. The maximum Gasteiger partial charge on any atom is 0.291 e. The molecule has 4 aromatic rings. The van der Waals surface area contributed by atoms with E-state index in [1.807, 2.05) is 74.5 Å². The fraction of sp³-hybridized carbons (Fsp3) is 0.290. The van der Waals surface area contributed by atoms with Crippen molar-refractivity contribution >= 4 is 16.9 Å². The normalized spacial score (nSPS) is 14.9. The van der Waals surface area contributed by atoms with Gasteiger partial charge in [0.25, 0.3) is 5.91 Å². The lowest BCUT2D eigenvalue weighted by atomic mass is 9.96. The van der Waals surface area contributed by atoms with E-state index in [4.69, 9.17) is 13.9 Å². The number of hydrogen-bond donors (Lipinski definition) is 0. The average molecular weight is 498 g/mol. The van der Waals surface area contributed by atoms with Crippen LogP contribution >= 0.6 is 0 Å². The number of rotatable bonds is 7. The molecule has 0 fully saturated rings. The highest BCUT2D eigenvalue weighted by atomic mass is 16.5. The van der Waals surface area contributed by atoms with Crippen molar-refractivity contribution in [2.45, 2.75) is 40.3 Å². The standard InChI is InChI=1S/C31H31NO5/c1-18(2)17-36-24-12-11-22(15-25(24)35-5)27-26-28(33)23-14-19(3)13-20(4)29(23)37-30(26)31(34)32(27)16-21-9-7-6-8-10-21/h6-15,18,27H,16-17H2,1-5H3. The maximum absolute atomic E-state index is 14.0. The second-order valence-corrected chi connectivity index (χ2v) is 10.1. The lowest BCUT2D eigenvalue weighted by molar-refractivity contribution is 0.0714. The van der Waals surface area contributed by atoms with Crippen molar-refractivity contribution in [2.24, 2.45) is 5.92 Å². The smallest absolute Gasteiger partial charge is 0.291 e. The van der Waals surface area contributed by atoms with Crippen molar-refractivity contribution in [1.29, 1.82) is 0 Å². The van der Waals surface area contributed by atoms with Gasteiger partial charge in [0.15, 0.2) is 16.9 Å². The van der Waals surface area contributed by atoms with Crippen LogP contribution in [0.25, 0.3) is 11.0 Å². The molecule has 0 saturated carbocycles. The van der Waals surface area contributed by atoms with E-state index >= 15 is 0 Å². The number of benzene rings is 3. The molecule has 1 aliphatic rings. The number of carbonyl (C=O) groups excluding carboxylic acids is 1. The number of ether oxygens (including phenoxy) is 2. The Kier molecular flexibility index (Phi) is 6.50. The second-order valence-electron chi connectivity index (χ2n) is 10.1. The van der Waals surface area contributed by atoms with E-state index in [-0.39, 0.29) is 17.1 Å². The summed E-state index contributed by atoms with van der Waals surface area (Å²) in [4.78, 5) is 29.5. The Balaban J connectivity index is 1.70. The van der Waals surface area contributed by atoms with Crippen LogP contribution in [0.5, 0.6) is 11.5 Å². The fourth-order valence-electron chi connectivity index (χ4n) is 4.99. The van der Waals surface area contributed by atoms with Gasteiger partial charge in [-0.15, -0.1) is 0 Å². The first-order valence-electron chi connectivity index (χ1n) is 12.5. The first kappa shape index (κ1) is 24.6. The van der Waals surface area contributed by atoms with E-state index in [0.717, 1.165) is 22.3 Å². The van der Waals surface area contributed by atoms with Crippen molar-refractivity contribution < 1.29 is 18.7 Å². The molecule has 1 amide bonds. The van der Waals surface area contributed by atoms with E-state index in [1.165, 1.54) is 0 Å². The molecule has 1 aliphatic heterocycles. The van der Waals surface area contributed by atoms with Gasteiger partial charge in [0.05, 0.1) is 30.7 Å². The van der Waals surface area contributed by atoms with Crippen molar-refractivity contribution in [3.8, 4) is 11.5 Å². The van der Waals surface area contributed by atoms with Crippen LogP contribution in [0.4, 0.5) is 0 Å². The van der Waals surface area contributed by atoms with Gasteiger partial charge in [-0.1, -0.05) is 56.3 Å². The van der Waals surface area contributed by atoms with Crippen LogP contribution in [0.1, 0.15) is 58.3 Å². The molecule has 190 valence electrons. The first-order valence-corrected chi connectivity index (χ1v) is 12.5. The van der Waals surface area contributed by atoms with Crippen LogP contribution in [0.2, 0.25) is 0 Å². The summed E-state index contributed by atoms with van der Waals surface area (Å²) in [6.45, 7) is 8.88.